The molecule has 10 atom stereocenters. The fourth-order valence-electron chi connectivity index (χ4n) is 5.95. The van der Waals surface area contributed by atoms with Crippen LogP contribution >= 0.6 is 0 Å². The summed E-state index contributed by atoms with van der Waals surface area (Å²) < 4.78 is 22.1. The van der Waals surface area contributed by atoms with Crippen LogP contribution in [0.3, 0.4) is 0 Å². The first-order valence-electron chi connectivity index (χ1n) is 13.3. The number of rotatable bonds is 8. The number of carbonyl (C=O) groups is 2. The summed E-state index contributed by atoms with van der Waals surface area (Å²) in [7, 11) is 1.23. The van der Waals surface area contributed by atoms with Crippen molar-refractivity contribution in [1.29, 1.82) is 0 Å². The van der Waals surface area contributed by atoms with Gasteiger partial charge in [0.1, 0.15) is 30.5 Å². The Bertz CT molecular complexity index is 1320. The minimum absolute atomic E-state index is 0.169. The van der Waals surface area contributed by atoms with Gasteiger partial charge in [-0.05, 0) is 18.1 Å². The van der Waals surface area contributed by atoms with Crippen molar-refractivity contribution in [1.82, 2.24) is 10.3 Å². The maximum absolute atomic E-state index is 12.8. The molecule has 1 aromatic heterocycles. The number of hydrogen-bond donors (Lipinski definition) is 7. The molecule has 4 heterocycles. The van der Waals surface area contributed by atoms with Gasteiger partial charge in [0, 0.05) is 40.9 Å². The second kappa shape index (κ2) is 11.9. The van der Waals surface area contributed by atoms with E-state index in [9.17, 15) is 35.1 Å². The van der Waals surface area contributed by atoms with E-state index in [1.807, 2.05) is 24.3 Å². The molecule has 3 aliphatic heterocycles. The molecule has 3 aliphatic rings. The van der Waals surface area contributed by atoms with Crippen LogP contribution in [0.1, 0.15) is 23.7 Å². The van der Waals surface area contributed by atoms with Crippen molar-refractivity contribution in [3.63, 3.8) is 0 Å². The number of esters is 1. The number of carbonyl (C=O) groups excluding carboxylic acids is 1. The highest BCUT2D eigenvalue weighted by Crippen LogP contribution is 2.42. The van der Waals surface area contributed by atoms with Crippen LogP contribution in [0, 0.1) is 11.8 Å². The first kappa shape index (κ1) is 29.2. The van der Waals surface area contributed by atoms with Gasteiger partial charge in [0.05, 0.1) is 25.6 Å². The van der Waals surface area contributed by atoms with E-state index >= 15 is 0 Å². The van der Waals surface area contributed by atoms with Gasteiger partial charge in [0.15, 0.2) is 6.29 Å². The molecule has 222 valence electrons. The Hall–Kier alpha value is -3.30. The van der Waals surface area contributed by atoms with Crippen LogP contribution in [0.4, 0.5) is 0 Å². The number of carboxylic acids is 1. The van der Waals surface area contributed by atoms with Crippen LogP contribution in [0.15, 0.2) is 48.8 Å². The number of aliphatic hydroxyl groups excluding tert-OH is 4. The first-order valence-corrected chi connectivity index (χ1v) is 13.3. The summed E-state index contributed by atoms with van der Waals surface area (Å²) in [6, 6.07) is 6.20. The Labute approximate surface area is 235 Å². The highest BCUT2D eigenvalue weighted by molar-refractivity contribution is 5.89. The number of benzene rings is 1. The highest BCUT2D eigenvalue weighted by Gasteiger charge is 2.48. The van der Waals surface area contributed by atoms with Gasteiger partial charge >= 0.3 is 11.9 Å². The Morgan fingerprint density at radius 1 is 1.15 bits per heavy atom. The molecule has 13 heteroatoms. The maximum Gasteiger partial charge on any atom is 0.337 e. The van der Waals surface area contributed by atoms with Crippen molar-refractivity contribution >= 4 is 22.8 Å². The van der Waals surface area contributed by atoms with Crippen LogP contribution in [0.25, 0.3) is 10.9 Å². The molecule has 1 fully saturated rings. The Kier molecular flexibility index (Phi) is 8.47. The third-order valence-electron chi connectivity index (χ3n) is 8.11. The van der Waals surface area contributed by atoms with E-state index in [2.05, 4.69) is 16.9 Å². The zero-order chi connectivity index (χ0) is 29.4. The third-order valence-corrected chi connectivity index (χ3v) is 8.11. The maximum atomic E-state index is 12.8. The number of aliphatic hydroxyl groups is 4. The number of fused-ring (bicyclic) bond motifs is 3. The van der Waals surface area contributed by atoms with Crippen molar-refractivity contribution in [2.24, 2.45) is 11.8 Å². The first-order chi connectivity index (χ1) is 19.7. The lowest BCUT2D eigenvalue weighted by Gasteiger charge is -2.43. The van der Waals surface area contributed by atoms with Gasteiger partial charge in [-0.15, -0.1) is 6.58 Å². The fourth-order valence-corrected chi connectivity index (χ4v) is 5.95. The number of aromatic amines is 1. The third kappa shape index (κ3) is 5.37. The monoisotopic (exact) mass is 574 g/mol. The van der Waals surface area contributed by atoms with E-state index in [0.29, 0.717) is 0 Å². The predicted octanol–water partition coefficient (Wildman–Crippen LogP) is -0.154. The topological polar surface area (TPSA) is 200 Å². The largest absolute Gasteiger partial charge is 0.480 e. The van der Waals surface area contributed by atoms with E-state index in [-0.39, 0.29) is 18.4 Å². The molecule has 0 spiro atoms. The average molecular weight is 575 g/mol. The number of nitrogens with one attached hydrogen (secondary N) is 2. The average Bonchev–Trinajstić information content (AvgIpc) is 3.36. The van der Waals surface area contributed by atoms with Crippen LogP contribution < -0.4 is 5.32 Å². The standard InChI is InChI=1S/C28H34N2O11/c1-3-12-14(8-18-21-15(9-19(29-18)25(35)36)13-6-4-5-7-17(13)30-21)16(26(37)38-2)11-39-27(12)41-28-24(34)23(33)22(32)20(10-31)40-28/h3-7,11-12,14,18-20,22-24,27-34H,1,8-10H2,2H3,(H,35,36)/t12-,14?,18+,19-,20-,22-,23+,24-,27+,28+/m1/s1. The van der Waals surface area contributed by atoms with Crippen LogP contribution in [-0.4, -0.2) is 99.2 Å². The molecule has 41 heavy (non-hydrogen) atoms. The molecule has 0 bridgehead atoms. The second-order valence-electron chi connectivity index (χ2n) is 10.4. The minimum atomic E-state index is -1.67. The fraction of sp³-hybridized carbons (Fsp3) is 0.500. The summed E-state index contributed by atoms with van der Waals surface area (Å²) >= 11 is 0. The molecule has 5 rings (SSSR count). The molecule has 7 N–H and O–H groups in total. The smallest absolute Gasteiger partial charge is 0.337 e. The zero-order valence-corrected chi connectivity index (χ0v) is 22.3. The van der Waals surface area contributed by atoms with Crippen molar-refractivity contribution in [3.05, 3.63) is 60.0 Å². The zero-order valence-electron chi connectivity index (χ0n) is 22.3. The minimum Gasteiger partial charge on any atom is -0.480 e. The summed E-state index contributed by atoms with van der Waals surface area (Å²) in [4.78, 5) is 28.3. The number of hydrogen-bond acceptors (Lipinski definition) is 11. The van der Waals surface area contributed by atoms with Crippen LogP contribution in [0.5, 0.6) is 0 Å². The SMILES string of the molecule is C=C[C@@H]1C(C[C@@H]2N[C@@H](C(=O)O)Cc3c2[nH]c2ccccc32)C(C(=O)OC)=CO[C@H]1O[C@@H]1O[C@H](CO)[C@@H](O)[C@H](O)[C@H]1O. The molecule has 1 unspecified atom stereocenters. The van der Waals surface area contributed by atoms with Gasteiger partial charge in [-0.1, -0.05) is 24.3 Å². The lowest BCUT2D eigenvalue weighted by atomic mass is 9.77. The molecule has 1 saturated heterocycles. The van der Waals surface area contributed by atoms with Crippen LogP contribution in [0.2, 0.25) is 0 Å². The van der Waals surface area contributed by atoms with E-state index in [4.69, 9.17) is 18.9 Å². The van der Waals surface area contributed by atoms with E-state index in [1.165, 1.54) is 19.4 Å². The number of H-pyrrole nitrogens is 1. The van der Waals surface area contributed by atoms with Crippen molar-refractivity contribution in [3.8, 4) is 0 Å². The van der Waals surface area contributed by atoms with Gasteiger partial charge in [-0.3, -0.25) is 10.1 Å². The van der Waals surface area contributed by atoms with Crippen molar-refractivity contribution < 1.29 is 54.1 Å². The lowest BCUT2D eigenvalue weighted by molar-refractivity contribution is -0.339. The van der Waals surface area contributed by atoms with Crippen LogP contribution in [-0.2, 0) is 35.0 Å². The van der Waals surface area contributed by atoms with Crippen molar-refractivity contribution in [2.45, 2.75) is 61.9 Å². The molecule has 0 aliphatic carbocycles. The molecular weight excluding hydrogens is 540 g/mol. The Morgan fingerprint density at radius 2 is 1.90 bits per heavy atom. The summed E-state index contributed by atoms with van der Waals surface area (Å²) in [5.41, 5.74) is 2.70. The van der Waals surface area contributed by atoms with Gasteiger partial charge in [0.25, 0.3) is 0 Å². The van der Waals surface area contributed by atoms with Gasteiger partial charge in [0.2, 0.25) is 6.29 Å². The number of para-hydroxylation sites is 1. The quantitative estimate of drug-likeness (QED) is 0.163. The second-order valence-corrected chi connectivity index (χ2v) is 10.4. The molecule has 0 amide bonds. The van der Waals surface area contributed by atoms with Gasteiger partial charge < -0.3 is 49.5 Å². The Balaban J connectivity index is 1.47. The molecule has 0 saturated carbocycles. The predicted molar refractivity (Wildman–Crippen MR) is 141 cm³/mol. The van der Waals surface area contributed by atoms with E-state index in [1.54, 1.807) is 0 Å². The molecule has 1 aromatic carbocycles. The number of ether oxygens (including phenoxy) is 4. The molecular formula is C28H34N2O11. The van der Waals surface area contributed by atoms with E-state index < -0.39 is 79.5 Å². The molecule has 2 aromatic rings. The lowest BCUT2D eigenvalue weighted by Crippen LogP contribution is -2.60. The Morgan fingerprint density at radius 3 is 2.59 bits per heavy atom. The number of methoxy groups -OCH3 is 1. The van der Waals surface area contributed by atoms with Crippen molar-refractivity contribution in [2.75, 3.05) is 13.7 Å². The number of aromatic nitrogens is 1. The van der Waals surface area contributed by atoms with Gasteiger partial charge in [-0.25, -0.2) is 4.79 Å². The van der Waals surface area contributed by atoms with Gasteiger partial charge in [-0.2, -0.15) is 0 Å². The summed E-state index contributed by atoms with van der Waals surface area (Å²) in [6.07, 6.45) is -5.57. The summed E-state index contributed by atoms with van der Waals surface area (Å²) in [5, 5.41) is 54.3. The highest BCUT2D eigenvalue weighted by atomic mass is 16.8. The summed E-state index contributed by atoms with van der Waals surface area (Å²) in [6.45, 7) is 3.26. The normalized spacial score (nSPS) is 35.2. The summed E-state index contributed by atoms with van der Waals surface area (Å²) in [5.74, 6) is -3.06. The number of aliphatic carboxylic acids is 1. The number of carboxylic acid groups (broad SMARTS) is 1. The molecule has 0 radical (unpaired) electrons. The van der Waals surface area contributed by atoms with E-state index in [0.717, 1.165) is 22.2 Å². The molecule has 13 nitrogen and oxygen atoms in total.